The highest BCUT2D eigenvalue weighted by molar-refractivity contribution is 8.07. The fraction of sp³-hybridized carbons (Fsp3) is 0.692. The van der Waals surface area contributed by atoms with Gasteiger partial charge in [-0.05, 0) is 0 Å². The molecule has 1 aromatic rings. The number of aromatic nitrogens is 1. The second kappa shape index (κ2) is 5.97. The number of hydrogen-bond donors (Lipinski definition) is 0. The third-order valence-electron chi connectivity index (χ3n) is 2.82. The van der Waals surface area contributed by atoms with Crippen LogP contribution in [0, 0.1) is 0 Å². The molecule has 2 heterocycles. The predicted octanol–water partition coefficient (Wildman–Crippen LogP) is 3.40. The van der Waals surface area contributed by atoms with E-state index < -0.39 is 0 Å². The van der Waals surface area contributed by atoms with Gasteiger partial charge in [-0.1, -0.05) is 20.8 Å². The molecule has 1 aliphatic rings. The summed E-state index contributed by atoms with van der Waals surface area (Å²) in [4.78, 5) is 16.8. The van der Waals surface area contributed by atoms with Gasteiger partial charge in [0.25, 0.3) is 0 Å². The Balaban J connectivity index is 1.96. The van der Waals surface area contributed by atoms with Crippen molar-refractivity contribution in [1.29, 1.82) is 0 Å². The fourth-order valence-corrected chi connectivity index (χ4v) is 5.35. The molecule has 1 saturated heterocycles. The lowest BCUT2D eigenvalue weighted by molar-refractivity contribution is -0.117. The molecule has 1 unspecified atom stereocenters. The van der Waals surface area contributed by atoms with Gasteiger partial charge in [-0.3, -0.25) is 4.79 Å². The van der Waals surface area contributed by atoms with E-state index >= 15 is 0 Å². The van der Waals surface area contributed by atoms with Crippen molar-refractivity contribution in [3.05, 3.63) is 16.1 Å². The highest BCUT2D eigenvalue weighted by Gasteiger charge is 2.24. The number of hydrogen-bond acceptors (Lipinski definition) is 5. The Morgan fingerprint density at radius 1 is 1.44 bits per heavy atom. The van der Waals surface area contributed by atoms with E-state index in [0.717, 1.165) is 22.2 Å². The lowest BCUT2D eigenvalue weighted by atomic mass is 9.93. The minimum Gasteiger partial charge on any atom is -0.298 e. The topological polar surface area (TPSA) is 30.0 Å². The van der Waals surface area contributed by atoms with Gasteiger partial charge in [-0.25, -0.2) is 4.98 Å². The van der Waals surface area contributed by atoms with Crippen molar-refractivity contribution in [3.8, 4) is 0 Å². The molecule has 0 radical (unpaired) electrons. The minimum atomic E-state index is 0.0766. The third-order valence-corrected chi connectivity index (χ3v) is 6.47. The number of thioether (sulfide) groups is 2. The van der Waals surface area contributed by atoms with Gasteiger partial charge >= 0.3 is 0 Å². The molecule has 0 amide bonds. The van der Waals surface area contributed by atoms with Gasteiger partial charge in [-0.2, -0.15) is 11.8 Å². The number of carbonyl (C=O) groups is 1. The molecular weight excluding hydrogens is 282 g/mol. The van der Waals surface area contributed by atoms with Crippen LogP contribution < -0.4 is 0 Å². The highest BCUT2D eigenvalue weighted by atomic mass is 32.2. The Hall–Kier alpha value is -0.0000000000000000555. The molecular formula is C13H19NOS3. The van der Waals surface area contributed by atoms with Crippen LogP contribution in [0.1, 0.15) is 31.5 Å². The van der Waals surface area contributed by atoms with Gasteiger partial charge in [0.15, 0.2) is 5.78 Å². The van der Waals surface area contributed by atoms with Gasteiger partial charge < -0.3 is 0 Å². The van der Waals surface area contributed by atoms with Crippen LogP contribution in [0.2, 0.25) is 0 Å². The zero-order valence-corrected chi connectivity index (χ0v) is 13.5. The smallest absolute Gasteiger partial charge is 0.153 e. The summed E-state index contributed by atoms with van der Waals surface area (Å²) in [5.74, 6) is 3.61. The molecule has 1 aliphatic heterocycles. The van der Waals surface area contributed by atoms with Crippen LogP contribution in [0.15, 0.2) is 5.38 Å². The average Bonchev–Trinajstić information content (AvgIpc) is 2.78. The lowest BCUT2D eigenvalue weighted by Crippen LogP contribution is -2.25. The number of rotatable bonds is 3. The van der Waals surface area contributed by atoms with Gasteiger partial charge in [0.2, 0.25) is 0 Å². The number of ketones is 1. The van der Waals surface area contributed by atoms with E-state index in [0.29, 0.717) is 12.2 Å². The van der Waals surface area contributed by atoms with Gasteiger partial charge in [0.05, 0.1) is 17.4 Å². The maximum Gasteiger partial charge on any atom is 0.153 e. The first-order valence-corrected chi connectivity index (χ1v) is 9.22. The molecule has 0 saturated carbocycles. The molecule has 1 aromatic heterocycles. The minimum absolute atomic E-state index is 0.0766. The SMILES string of the molecule is CC(C)(C)c1csc(CC(=O)C2CSCCS2)n1. The van der Waals surface area contributed by atoms with Crippen molar-refractivity contribution in [2.24, 2.45) is 0 Å². The Morgan fingerprint density at radius 3 is 2.78 bits per heavy atom. The van der Waals surface area contributed by atoms with E-state index in [2.05, 4.69) is 31.1 Å². The standard InChI is InChI=1S/C13H19NOS3/c1-13(2,3)11-8-18-12(14-11)6-9(15)10-7-16-4-5-17-10/h8,10H,4-7H2,1-3H3. The summed E-state index contributed by atoms with van der Waals surface area (Å²) in [6.07, 6.45) is 0.513. The lowest BCUT2D eigenvalue weighted by Gasteiger charge is -2.19. The summed E-state index contributed by atoms with van der Waals surface area (Å²) in [5, 5.41) is 3.25. The maximum absolute atomic E-state index is 12.2. The van der Waals surface area contributed by atoms with Crippen molar-refractivity contribution in [3.63, 3.8) is 0 Å². The second-order valence-corrected chi connectivity index (χ2v) is 8.86. The Labute approximate surface area is 121 Å². The number of carbonyl (C=O) groups excluding carboxylic acids is 1. The first kappa shape index (κ1) is 14.4. The van der Waals surface area contributed by atoms with Crippen molar-refractivity contribution in [2.45, 2.75) is 37.9 Å². The van der Waals surface area contributed by atoms with Crippen molar-refractivity contribution in [1.82, 2.24) is 4.98 Å². The van der Waals surface area contributed by atoms with Crippen LogP contribution in [0.25, 0.3) is 0 Å². The maximum atomic E-state index is 12.2. The number of thiazole rings is 1. The number of Topliss-reactive ketones (excluding diaryl/α,β-unsaturated/α-hetero) is 1. The van der Waals surface area contributed by atoms with Crippen molar-refractivity contribution in [2.75, 3.05) is 17.3 Å². The van der Waals surface area contributed by atoms with Crippen LogP contribution in [0.4, 0.5) is 0 Å². The van der Waals surface area contributed by atoms with E-state index in [4.69, 9.17) is 0 Å². The van der Waals surface area contributed by atoms with Crippen LogP contribution in [0.3, 0.4) is 0 Å². The summed E-state index contributed by atoms with van der Waals surface area (Å²) in [6.45, 7) is 6.46. The molecule has 0 spiro atoms. The molecule has 5 heteroatoms. The van der Waals surface area contributed by atoms with Crippen molar-refractivity contribution < 1.29 is 4.79 Å². The second-order valence-electron chi connectivity index (χ2n) is 5.45. The Morgan fingerprint density at radius 2 is 2.22 bits per heavy atom. The molecule has 0 aromatic carbocycles. The molecule has 100 valence electrons. The molecule has 1 fully saturated rings. The Kier molecular flexibility index (Phi) is 4.78. The van der Waals surface area contributed by atoms with E-state index in [1.54, 1.807) is 11.3 Å². The quantitative estimate of drug-likeness (QED) is 0.856. The summed E-state index contributed by atoms with van der Waals surface area (Å²) >= 11 is 5.32. The fourth-order valence-electron chi connectivity index (χ4n) is 1.67. The monoisotopic (exact) mass is 301 g/mol. The summed E-state index contributed by atoms with van der Waals surface area (Å²) in [5.41, 5.74) is 1.17. The van der Waals surface area contributed by atoms with Crippen LogP contribution >= 0.6 is 34.9 Å². The van der Waals surface area contributed by atoms with E-state index in [1.807, 2.05) is 23.5 Å². The molecule has 0 bridgehead atoms. The first-order chi connectivity index (χ1) is 8.47. The van der Waals surface area contributed by atoms with Gasteiger partial charge in [-0.15, -0.1) is 23.1 Å². The van der Waals surface area contributed by atoms with Crippen LogP contribution in [0.5, 0.6) is 0 Å². The average molecular weight is 302 g/mol. The molecule has 0 N–H and O–H groups in total. The normalized spacial score (nSPS) is 20.9. The van der Waals surface area contributed by atoms with Crippen LogP contribution in [-0.4, -0.2) is 33.3 Å². The van der Waals surface area contributed by atoms with E-state index in [9.17, 15) is 4.79 Å². The summed E-state index contributed by atoms with van der Waals surface area (Å²) < 4.78 is 0. The van der Waals surface area contributed by atoms with Gasteiger partial charge in [0.1, 0.15) is 5.01 Å². The molecule has 18 heavy (non-hydrogen) atoms. The zero-order chi connectivity index (χ0) is 13.2. The largest absolute Gasteiger partial charge is 0.298 e. The van der Waals surface area contributed by atoms with Crippen LogP contribution in [-0.2, 0) is 16.6 Å². The zero-order valence-electron chi connectivity index (χ0n) is 11.1. The summed E-state index contributed by atoms with van der Waals surface area (Å²) in [6, 6.07) is 0. The van der Waals surface area contributed by atoms with E-state index in [-0.39, 0.29) is 10.7 Å². The van der Waals surface area contributed by atoms with E-state index in [1.165, 1.54) is 5.75 Å². The predicted molar refractivity (Wildman–Crippen MR) is 83.1 cm³/mol. The van der Waals surface area contributed by atoms with Gasteiger partial charge in [0, 0.05) is 28.1 Å². The Bertz CT molecular complexity index is 416. The number of nitrogens with zero attached hydrogens (tertiary/aromatic N) is 1. The highest BCUT2D eigenvalue weighted by Crippen LogP contribution is 2.27. The van der Waals surface area contributed by atoms with Crippen molar-refractivity contribution >= 4 is 40.6 Å². The molecule has 2 nitrogen and oxygen atoms in total. The third kappa shape index (κ3) is 3.75. The molecule has 0 aliphatic carbocycles. The molecule has 1 atom stereocenters. The summed E-state index contributed by atoms with van der Waals surface area (Å²) in [7, 11) is 0. The first-order valence-electron chi connectivity index (χ1n) is 6.14. The molecule has 2 rings (SSSR count).